The molecule has 0 bridgehead atoms. The maximum atomic E-state index is 12.9. The Labute approximate surface area is 175 Å². The van der Waals surface area contributed by atoms with Crippen molar-refractivity contribution in [2.45, 2.75) is 32.4 Å². The fourth-order valence-corrected chi connectivity index (χ4v) is 4.08. The number of nitrogens with two attached hydrogens (primary N) is 1. The number of fused-ring (bicyclic) bond motifs is 1. The topological polar surface area (TPSA) is 144 Å². The number of carbonyl (C=O) groups excluding carboxylic acids is 2. The zero-order chi connectivity index (χ0) is 21.8. The SMILES string of the molecule is Cc1c(C(=O)NC(CCC(N)=O)C(=O)O)sc2ncn(Cc3ccccc3)c(=O)c12. The third-order valence-electron chi connectivity index (χ3n) is 4.60. The Morgan fingerprint density at radius 3 is 2.60 bits per heavy atom. The smallest absolute Gasteiger partial charge is 0.326 e. The van der Waals surface area contributed by atoms with Crippen molar-refractivity contribution < 1.29 is 19.5 Å². The highest BCUT2D eigenvalue weighted by molar-refractivity contribution is 7.20. The molecule has 0 fully saturated rings. The molecular formula is C20H20N4O5S. The fraction of sp³-hybridized carbons (Fsp3) is 0.250. The molecule has 1 atom stereocenters. The Hall–Kier alpha value is -3.53. The van der Waals surface area contributed by atoms with Crippen molar-refractivity contribution in [2.75, 3.05) is 0 Å². The molecule has 0 saturated heterocycles. The van der Waals surface area contributed by atoms with Gasteiger partial charge >= 0.3 is 5.97 Å². The summed E-state index contributed by atoms with van der Waals surface area (Å²) in [7, 11) is 0. The van der Waals surface area contributed by atoms with E-state index >= 15 is 0 Å². The van der Waals surface area contributed by atoms with Crippen LogP contribution in [0.15, 0.2) is 41.5 Å². The van der Waals surface area contributed by atoms with Gasteiger partial charge in [0.15, 0.2) is 0 Å². The number of nitrogens with zero attached hydrogens (tertiary/aromatic N) is 2. The molecule has 1 aromatic carbocycles. The molecule has 156 valence electrons. The number of rotatable bonds is 8. The summed E-state index contributed by atoms with van der Waals surface area (Å²) in [6.07, 6.45) is 1.14. The number of primary amides is 1. The molecule has 2 amide bonds. The Balaban J connectivity index is 1.90. The van der Waals surface area contributed by atoms with Crippen LogP contribution >= 0.6 is 11.3 Å². The Morgan fingerprint density at radius 2 is 1.97 bits per heavy atom. The molecule has 0 aliphatic carbocycles. The van der Waals surface area contributed by atoms with Gasteiger partial charge in [-0.05, 0) is 24.5 Å². The van der Waals surface area contributed by atoms with E-state index in [4.69, 9.17) is 5.73 Å². The molecule has 30 heavy (non-hydrogen) atoms. The lowest BCUT2D eigenvalue weighted by molar-refractivity contribution is -0.139. The van der Waals surface area contributed by atoms with E-state index in [2.05, 4.69) is 10.3 Å². The van der Waals surface area contributed by atoms with Crippen LogP contribution in [0.25, 0.3) is 10.2 Å². The predicted molar refractivity (Wildman–Crippen MR) is 111 cm³/mol. The molecule has 0 radical (unpaired) electrons. The highest BCUT2D eigenvalue weighted by Crippen LogP contribution is 2.27. The predicted octanol–water partition coefficient (Wildman–Crippen LogP) is 1.26. The van der Waals surface area contributed by atoms with Gasteiger partial charge in [-0.15, -0.1) is 11.3 Å². The van der Waals surface area contributed by atoms with Gasteiger partial charge in [0.1, 0.15) is 10.9 Å². The van der Waals surface area contributed by atoms with Crippen LogP contribution in [0.1, 0.15) is 33.6 Å². The van der Waals surface area contributed by atoms with E-state index < -0.39 is 23.8 Å². The van der Waals surface area contributed by atoms with Crippen LogP contribution in [-0.2, 0) is 16.1 Å². The van der Waals surface area contributed by atoms with Crippen molar-refractivity contribution in [3.8, 4) is 0 Å². The van der Waals surface area contributed by atoms with E-state index in [0.717, 1.165) is 16.9 Å². The van der Waals surface area contributed by atoms with E-state index in [-0.39, 0.29) is 23.3 Å². The van der Waals surface area contributed by atoms with Crippen LogP contribution in [0.4, 0.5) is 0 Å². The van der Waals surface area contributed by atoms with E-state index in [1.54, 1.807) is 6.92 Å². The first-order valence-corrected chi connectivity index (χ1v) is 9.94. The van der Waals surface area contributed by atoms with E-state index in [1.165, 1.54) is 10.9 Å². The zero-order valence-corrected chi connectivity index (χ0v) is 16.9. The number of hydrogen-bond donors (Lipinski definition) is 3. The summed E-state index contributed by atoms with van der Waals surface area (Å²) >= 11 is 1.02. The first-order valence-electron chi connectivity index (χ1n) is 9.12. The van der Waals surface area contributed by atoms with E-state index in [9.17, 15) is 24.3 Å². The van der Waals surface area contributed by atoms with Gasteiger partial charge < -0.3 is 16.2 Å². The summed E-state index contributed by atoms with van der Waals surface area (Å²) < 4.78 is 1.46. The molecule has 0 saturated carbocycles. The summed E-state index contributed by atoms with van der Waals surface area (Å²) in [6, 6.07) is 8.17. The van der Waals surface area contributed by atoms with Crippen LogP contribution in [0.3, 0.4) is 0 Å². The lowest BCUT2D eigenvalue weighted by atomic mass is 10.1. The van der Waals surface area contributed by atoms with Crippen LogP contribution in [0, 0.1) is 6.92 Å². The average molecular weight is 428 g/mol. The number of carbonyl (C=O) groups is 3. The second-order valence-electron chi connectivity index (χ2n) is 6.77. The zero-order valence-electron chi connectivity index (χ0n) is 16.1. The molecule has 0 aliphatic heterocycles. The van der Waals surface area contributed by atoms with Crippen molar-refractivity contribution in [3.05, 3.63) is 63.0 Å². The minimum atomic E-state index is -1.27. The van der Waals surface area contributed by atoms with Gasteiger partial charge in [0, 0.05) is 6.42 Å². The third-order valence-corrected chi connectivity index (χ3v) is 5.80. The fourth-order valence-electron chi connectivity index (χ4n) is 3.04. The number of aromatic nitrogens is 2. The summed E-state index contributed by atoms with van der Waals surface area (Å²) in [5, 5.41) is 12.0. The number of aliphatic carboxylic acids is 1. The monoisotopic (exact) mass is 428 g/mol. The standard InChI is InChI=1S/C20H20N4O5S/c1-11-15-18(22-10-24(19(15)27)9-12-5-3-2-4-6-12)30-16(11)17(26)23-13(20(28)29)7-8-14(21)25/h2-6,10,13H,7-9H2,1H3,(H2,21,25)(H,23,26)(H,28,29). The van der Waals surface area contributed by atoms with Crippen LogP contribution in [0.5, 0.6) is 0 Å². The van der Waals surface area contributed by atoms with Gasteiger partial charge in [-0.1, -0.05) is 30.3 Å². The summed E-state index contributed by atoms with van der Waals surface area (Å²) in [5.41, 5.74) is 6.15. The van der Waals surface area contributed by atoms with Crippen LogP contribution in [0.2, 0.25) is 0 Å². The minimum absolute atomic E-state index is 0.123. The molecule has 9 nitrogen and oxygen atoms in total. The molecule has 4 N–H and O–H groups in total. The van der Waals surface area contributed by atoms with Gasteiger partial charge in [0.2, 0.25) is 5.91 Å². The van der Waals surface area contributed by atoms with Crippen molar-refractivity contribution in [2.24, 2.45) is 5.73 Å². The highest BCUT2D eigenvalue weighted by Gasteiger charge is 2.25. The Kier molecular flexibility index (Phi) is 6.26. The van der Waals surface area contributed by atoms with Gasteiger partial charge in [-0.2, -0.15) is 0 Å². The molecule has 1 unspecified atom stereocenters. The van der Waals surface area contributed by atoms with Crippen molar-refractivity contribution >= 4 is 39.3 Å². The Bertz CT molecular complexity index is 1170. The quantitative estimate of drug-likeness (QED) is 0.493. The van der Waals surface area contributed by atoms with Crippen LogP contribution < -0.4 is 16.6 Å². The molecule has 2 heterocycles. The lowest BCUT2D eigenvalue weighted by Gasteiger charge is -2.13. The first-order chi connectivity index (χ1) is 14.3. The molecule has 0 spiro atoms. The maximum Gasteiger partial charge on any atom is 0.326 e. The average Bonchev–Trinajstić information content (AvgIpc) is 3.05. The second-order valence-corrected chi connectivity index (χ2v) is 7.77. The number of carboxylic acid groups (broad SMARTS) is 1. The molecule has 2 aromatic heterocycles. The van der Waals surface area contributed by atoms with Crippen molar-refractivity contribution in [3.63, 3.8) is 0 Å². The van der Waals surface area contributed by atoms with Crippen molar-refractivity contribution in [1.82, 2.24) is 14.9 Å². The summed E-state index contributed by atoms with van der Waals surface area (Å²) in [4.78, 5) is 52.8. The Morgan fingerprint density at radius 1 is 1.27 bits per heavy atom. The largest absolute Gasteiger partial charge is 0.480 e. The van der Waals surface area contributed by atoms with Gasteiger partial charge in [-0.3, -0.25) is 19.0 Å². The van der Waals surface area contributed by atoms with Crippen LogP contribution in [-0.4, -0.2) is 38.5 Å². The van der Waals surface area contributed by atoms with E-state index in [1.807, 2.05) is 30.3 Å². The second kappa shape index (κ2) is 8.87. The van der Waals surface area contributed by atoms with Gasteiger partial charge in [0.05, 0.1) is 23.1 Å². The molecule has 3 rings (SSSR count). The summed E-state index contributed by atoms with van der Waals surface area (Å²) in [5.74, 6) is -2.57. The maximum absolute atomic E-state index is 12.9. The van der Waals surface area contributed by atoms with Gasteiger partial charge in [0.25, 0.3) is 11.5 Å². The highest BCUT2D eigenvalue weighted by atomic mass is 32.1. The molecular weight excluding hydrogens is 408 g/mol. The first kappa shape index (κ1) is 21.2. The molecule has 3 aromatic rings. The lowest BCUT2D eigenvalue weighted by Crippen LogP contribution is -2.41. The normalized spacial score (nSPS) is 11.9. The number of hydrogen-bond acceptors (Lipinski definition) is 6. The number of benzene rings is 1. The number of aryl methyl sites for hydroxylation is 1. The van der Waals surface area contributed by atoms with E-state index in [0.29, 0.717) is 22.3 Å². The number of carboxylic acids is 1. The number of thiophene rings is 1. The summed E-state index contributed by atoms with van der Waals surface area (Å²) in [6.45, 7) is 1.97. The third kappa shape index (κ3) is 4.54. The van der Waals surface area contributed by atoms with Crippen molar-refractivity contribution in [1.29, 1.82) is 0 Å². The minimum Gasteiger partial charge on any atom is -0.480 e. The number of amides is 2. The van der Waals surface area contributed by atoms with Gasteiger partial charge in [-0.25, -0.2) is 9.78 Å². The molecule has 10 heteroatoms. The number of nitrogens with one attached hydrogen (secondary N) is 1. The molecule has 0 aliphatic rings.